The molecule has 0 amide bonds. The number of benzene rings is 2. The summed E-state index contributed by atoms with van der Waals surface area (Å²) in [6.45, 7) is -0.703. The quantitative estimate of drug-likeness (QED) is 0.232. The van der Waals surface area contributed by atoms with E-state index in [2.05, 4.69) is 0 Å². The van der Waals surface area contributed by atoms with Gasteiger partial charge in [0.1, 0.15) is 31.2 Å². The molecule has 164 valence electrons. The van der Waals surface area contributed by atoms with Gasteiger partial charge in [0.05, 0.1) is 13.7 Å². The third kappa shape index (κ3) is 7.47. The van der Waals surface area contributed by atoms with Crippen molar-refractivity contribution < 1.29 is 44.4 Å². The summed E-state index contributed by atoms with van der Waals surface area (Å²) in [7, 11) is 1.55. The number of hydrogen-bond acceptors (Lipinski definition) is 9. The normalized spacial score (nSPS) is 15.2. The molecule has 0 spiro atoms. The van der Waals surface area contributed by atoms with Crippen molar-refractivity contribution in [2.24, 2.45) is 0 Å². The smallest absolute Gasteiger partial charge is 0.157 e. The molecule has 0 saturated carbocycles. The molecule has 0 aliphatic carbocycles. The minimum Gasteiger partial charge on any atom is -0.497 e. The fourth-order valence-corrected chi connectivity index (χ4v) is 2.48. The van der Waals surface area contributed by atoms with E-state index in [1.165, 1.54) is 0 Å². The van der Waals surface area contributed by atoms with Crippen molar-refractivity contribution in [1.29, 1.82) is 0 Å². The first-order chi connectivity index (χ1) is 14.6. The van der Waals surface area contributed by atoms with Gasteiger partial charge in [-0.15, -0.1) is 0 Å². The molecule has 0 aliphatic rings. The molecule has 9 nitrogen and oxygen atoms in total. The second-order valence-electron chi connectivity index (χ2n) is 6.36. The van der Waals surface area contributed by atoms with Crippen LogP contribution in [0.2, 0.25) is 0 Å². The van der Waals surface area contributed by atoms with Gasteiger partial charge in [0, 0.05) is 0 Å². The average Bonchev–Trinajstić information content (AvgIpc) is 2.80. The van der Waals surface area contributed by atoms with Crippen LogP contribution in [0.3, 0.4) is 0 Å². The van der Waals surface area contributed by atoms with E-state index in [-0.39, 0.29) is 19.5 Å². The summed E-state index contributed by atoms with van der Waals surface area (Å²) in [5.74, 6) is 0.673. The zero-order valence-electron chi connectivity index (χ0n) is 16.5. The van der Waals surface area contributed by atoms with E-state index >= 15 is 0 Å². The predicted molar refractivity (Wildman–Crippen MR) is 104 cm³/mol. The van der Waals surface area contributed by atoms with E-state index in [1.807, 2.05) is 18.2 Å². The molecule has 9 heteroatoms. The van der Waals surface area contributed by atoms with E-state index in [9.17, 15) is 20.1 Å². The average molecular weight is 422 g/mol. The Morgan fingerprint density at radius 3 is 1.97 bits per heavy atom. The van der Waals surface area contributed by atoms with E-state index in [1.54, 1.807) is 43.5 Å². The summed E-state index contributed by atoms with van der Waals surface area (Å²) < 4.78 is 5.07. The Labute approximate surface area is 174 Å². The van der Waals surface area contributed by atoms with Gasteiger partial charge < -0.3 is 24.9 Å². The summed E-state index contributed by atoms with van der Waals surface area (Å²) in [4.78, 5) is 31.7. The van der Waals surface area contributed by atoms with Crippen LogP contribution < -0.4 is 4.74 Å². The van der Waals surface area contributed by atoms with Gasteiger partial charge in [-0.05, 0) is 23.3 Å². The van der Waals surface area contributed by atoms with Crippen molar-refractivity contribution in [3.05, 3.63) is 65.7 Å². The molecule has 2 rings (SSSR count). The zero-order chi connectivity index (χ0) is 21.8. The lowest BCUT2D eigenvalue weighted by atomic mass is 10.0. The molecule has 0 saturated heterocycles. The highest BCUT2D eigenvalue weighted by atomic mass is 17.2. The summed E-state index contributed by atoms with van der Waals surface area (Å²) in [6, 6.07) is 16.0. The van der Waals surface area contributed by atoms with Gasteiger partial charge in [0.15, 0.2) is 18.5 Å². The maximum absolute atomic E-state index is 11.1. The van der Waals surface area contributed by atoms with Crippen LogP contribution in [0.4, 0.5) is 0 Å². The molecule has 2 aromatic carbocycles. The fourth-order valence-electron chi connectivity index (χ4n) is 2.48. The lowest BCUT2D eigenvalue weighted by Crippen LogP contribution is -2.49. The predicted octanol–water partition coefficient (Wildman–Crippen LogP) is 0.942. The van der Waals surface area contributed by atoms with Gasteiger partial charge in [-0.2, -0.15) is 0 Å². The van der Waals surface area contributed by atoms with Crippen LogP contribution in [-0.4, -0.2) is 59.7 Å². The highest BCUT2D eigenvalue weighted by molar-refractivity contribution is 5.56. The summed E-state index contributed by atoms with van der Waals surface area (Å²) in [5, 5.41) is 29.4. The van der Waals surface area contributed by atoms with Crippen LogP contribution in [0.5, 0.6) is 5.75 Å². The Balaban J connectivity index is 1.98. The third-order valence-electron chi connectivity index (χ3n) is 4.18. The molecule has 0 radical (unpaired) electrons. The number of ether oxygens (including phenoxy) is 1. The standard InChI is InChI=1S/C21H26O9/c1-26-17-9-7-16(8-10-17)14-28-30-21(19(25)12-23)20(18(24)11-22)29-27-13-15-5-3-2-4-6-15/h2-11,18-21,23-25H,12-14H2,1H3. The third-order valence-corrected chi connectivity index (χ3v) is 4.18. The molecular weight excluding hydrogens is 396 g/mol. The first-order valence-corrected chi connectivity index (χ1v) is 9.24. The largest absolute Gasteiger partial charge is 0.497 e. The Morgan fingerprint density at radius 2 is 1.43 bits per heavy atom. The molecule has 4 atom stereocenters. The summed E-state index contributed by atoms with van der Waals surface area (Å²) in [6.07, 6.45) is -5.87. The number of methoxy groups -OCH3 is 1. The number of aliphatic hydroxyl groups is 3. The molecule has 30 heavy (non-hydrogen) atoms. The van der Waals surface area contributed by atoms with Crippen molar-refractivity contribution in [3.63, 3.8) is 0 Å². The van der Waals surface area contributed by atoms with E-state index < -0.39 is 31.0 Å². The van der Waals surface area contributed by atoms with Crippen LogP contribution in [0.15, 0.2) is 54.6 Å². The van der Waals surface area contributed by atoms with Crippen LogP contribution >= 0.6 is 0 Å². The van der Waals surface area contributed by atoms with Crippen molar-refractivity contribution in [2.75, 3.05) is 13.7 Å². The number of rotatable bonds is 14. The first kappa shape index (κ1) is 23.9. The molecule has 0 aromatic heterocycles. The molecule has 3 N–H and O–H groups in total. The van der Waals surface area contributed by atoms with Gasteiger partial charge in [-0.3, -0.25) is 0 Å². The Kier molecular flexibility index (Phi) is 10.4. The van der Waals surface area contributed by atoms with Crippen molar-refractivity contribution in [3.8, 4) is 5.75 Å². The van der Waals surface area contributed by atoms with Gasteiger partial charge in [0.25, 0.3) is 0 Å². The fraction of sp³-hybridized carbons (Fsp3) is 0.381. The number of carbonyl (C=O) groups is 1. The van der Waals surface area contributed by atoms with Gasteiger partial charge in [-0.25, -0.2) is 19.6 Å². The van der Waals surface area contributed by atoms with Crippen molar-refractivity contribution >= 4 is 6.29 Å². The summed E-state index contributed by atoms with van der Waals surface area (Å²) in [5.41, 5.74) is 1.52. The Morgan fingerprint density at radius 1 is 0.867 bits per heavy atom. The molecule has 0 fully saturated rings. The topological polar surface area (TPSA) is 124 Å². The monoisotopic (exact) mass is 422 g/mol. The minimum atomic E-state index is -1.70. The summed E-state index contributed by atoms with van der Waals surface area (Å²) >= 11 is 0. The molecule has 2 aromatic rings. The Hall–Kier alpha value is -2.37. The number of carbonyl (C=O) groups excluding carboxylic acids is 1. The molecule has 4 unspecified atom stereocenters. The van der Waals surface area contributed by atoms with Crippen molar-refractivity contribution in [1.82, 2.24) is 0 Å². The first-order valence-electron chi connectivity index (χ1n) is 9.24. The lowest BCUT2D eigenvalue weighted by molar-refractivity contribution is -0.415. The second-order valence-corrected chi connectivity index (χ2v) is 6.36. The van der Waals surface area contributed by atoms with Crippen LogP contribution in [0.25, 0.3) is 0 Å². The van der Waals surface area contributed by atoms with Crippen LogP contribution in [-0.2, 0) is 37.6 Å². The molecule has 0 bridgehead atoms. The lowest BCUT2D eigenvalue weighted by Gasteiger charge is -2.29. The minimum absolute atomic E-state index is 0.00653. The SMILES string of the molecule is COc1ccc(COOC(C(O)CO)C(OOCc2ccccc2)C(O)C=O)cc1. The van der Waals surface area contributed by atoms with Gasteiger partial charge in [0.2, 0.25) is 0 Å². The maximum Gasteiger partial charge on any atom is 0.157 e. The highest BCUT2D eigenvalue weighted by Gasteiger charge is 2.37. The van der Waals surface area contributed by atoms with E-state index in [0.717, 1.165) is 11.1 Å². The zero-order valence-corrected chi connectivity index (χ0v) is 16.5. The molecule has 0 heterocycles. The second kappa shape index (κ2) is 13.0. The highest BCUT2D eigenvalue weighted by Crippen LogP contribution is 2.17. The number of aldehydes is 1. The van der Waals surface area contributed by atoms with Crippen LogP contribution in [0.1, 0.15) is 11.1 Å². The van der Waals surface area contributed by atoms with Gasteiger partial charge in [-0.1, -0.05) is 42.5 Å². The van der Waals surface area contributed by atoms with E-state index in [4.69, 9.17) is 24.3 Å². The number of aliphatic hydroxyl groups excluding tert-OH is 3. The number of hydrogen-bond donors (Lipinski definition) is 3. The Bertz CT molecular complexity index is 723. The maximum atomic E-state index is 11.1. The molecular formula is C21H26O9. The van der Waals surface area contributed by atoms with E-state index in [0.29, 0.717) is 5.75 Å². The van der Waals surface area contributed by atoms with Crippen molar-refractivity contribution in [2.45, 2.75) is 37.6 Å². The molecule has 0 aliphatic heterocycles. The van der Waals surface area contributed by atoms with Crippen LogP contribution in [0, 0.1) is 0 Å². The van der Waals surface area contributed by atoms with Gasteiger partial charge >= 0.3 is 0 Å².